The zero-order valence-corrected chi connectivity index (χ0v) is 11.9. The second-order valence-electron chi connectivity index (χ2n) is 6.00. The van der Waals surface area contributed by atoms with Gasteiger partial charge in [0.1, 0.15) is 0 Å². The van der Waals surface area contributed by atoms with Crippen LogP contribution < -0.4 is 0 Å². The molecule has 3 fully saturated rings. The normalized spacial score (nSPS) is 37.6. The van der Waals surface area contributed by atoms with E-state index in [4.69, 9.17) is 5.11 Å². The van der Waals surface area contributed by atoms with E-state index in [1.54, 1.807) is 11.8 Å². The smallest absolute Gasteiger partial charge is 0.305 e. The summed E-state index contributed by atoms with van der Waals surface area (Å²) in [5.41, 5.74) is 0. The van der Waals surface area contributed by atoms with Gasteiger partial charge in [-0.25, -0.2) is 0 Å². The Kier molecular flexibility index (Phi) is 3.74. The van der Waals surface area contributed by atoms with Gasteiger partial charge in [0.2, 0.25) is 5.91 Å². The molecule has 2 saturated carbocycles. The molecule has 0 radical (unpaired) electrons. The monoisotopic (exact) mass is 283 g/mol. The minimum Gasteiger partial charge on any atom is -0.481 e. The van der Waals surface area contributed by atoms with E-state index in [1.807, 2.05) is 4.90 Å². The molecule has 0 spiro atoms. The van der Waals surface area contributed by atoms with E-state index in [-0.39, 0.29) is 24.3 Å². The van der Waals surface area contributed by atoms with Crippen LogP contribution in [0.1, 0.15) is 32.1 Å². The molecular formula is C14H21NO3S. The highest BCUT2D eigenvalue weighted by atomic mass is 32.2. The topological polar surface area (TPSA) is 57.6 Å². The summed E-state index contributed by atoms with van der Waals surface area (Å²) in [7, 11) is 0. The summed E-state index contributed by atoms with van der Waals surface area (Å²) in [5.74, 6) is 2.63. The fourth-order valence-electron chi connectivity index (χ4n) is 3.87. The summed E-state index contributed by atoms with van der Waals surface area (Å²) in [6.07, 6.45) is 5.03. The maximum atomic E-state index is 12.6. The number of rotatable bonds is 3. The van der Waals surface area contributed by atoms with Gasteiger partial charge in [0, 0.05) is 24.0 Å². The average molecular weight is 283 g/mol. The molecule has 3 aliphatic rings. The zero-order chi connectivity index (χ0) is 13.4. The lowest BCUT2D eigenvalue weighted by Gasteiger charge is -2.35. The standard InChI is InChI=1S/C14H21NO3S/c16-12(17)7-9-8-19-6-5-15(9)14(18)13-10-3-1-2-4-11(10)13/h9-11,13H,1-8H2,(H,16,17). The molecule has 3 rings (SSSR count). The first-order chi connectivity index (χ1) is 9.18. The number of aliphatic carboxylic acids is 1. The number of fused-ring (bicyclic) bond motifs is 1. The molecule has 3 unspecified atom stereocenters. The molecule has 106 valence electrons. The predicted octanol–water partition coefficient (Wildman–Crippen LogP) is 1.84. The number of carbonyl (C=O) groups is 2. The van der Waals surface area contributed by atoms with Crippen molar-refractivity contribution in [2.75, 3.05) is 18.1 Å². The van der Waals surface area contributed by atoms with Crippen molar-refractivity contribution in [3.8, 4) is 0 Å². The van der Waals surface area contributed by atoms with Crippen molar-refractivity contribution in [1.82, 2.24) is 4.90 Å². The van der Waals surface area contributed by atoms with Crippen molar-refractivity contribution in [3.05, 3.63) is 0 Å². The first-order valence-electron chi connectivity index (χ1n) is 7.28. The molecule has 0 aromatic rings. The summed E-state index contributed by atoms with van der Waals surface area (Å²) in [6, 6.07) is -0.0913. The largest absolute Gasteiger partial charge is 0.481 e. The Bertz CT molecular complexity index is 375. The van der Waals surface area contributed by atoms with E-state index in [9.17, 15) is 9.59 Å². The minimum absolute atomic E-state index is 0.0913. The molecule has 2 aliphatic carbocycles. The lowest BCUT2D eigenvalue weighted by atomic mass is 10.0. The van der Waals surface area contributed by atoms with E-state index in [2.05, 4.69) is 0 Å². The summed E-state index contributed by atoms with van der Waals surface area (Å²) < 4.78 is 0. The van der Waals surface area contributed by atoms with Crippen LogP contribution in [0.3, 0.4) is 0 Å². The second-order valence-corrected chi connectivity index (χ2v) is 7.15. The number of carboxylic acid groups (broad SMARTS) is 1. The third-order valence-corrected chi connectivity index (χ3v) is 5.95. The van der Waals surface area contributed by atoms with Gasteiger partial charge in [0.05, 0.1) is 12.5 Å². The van der Waals surface area contributed by atoms with Crippen LogP contribution in [-0.4, -0.2) is 46.0 Å². The highest BCUT2D eigenvalue weighted by Crippen LogP contribution is 2.56. The van der Waals surface area contributed by atoms with Crippen molar-refractivity contribution in [2.24, 2.45) is 17.8 Å². The van der Waals surface area contributed by atoms with Gasteiger partial charge in [-0.3, -0.25) is 9.59 Å². The minimum atomic E-state index is -0.793. The number of carbonyl (C=O) groups excluding carboxylic acids is 1. The molecule has 1 saturated heterocycles. The highest BCUT2D eigenvalue weighted by molar-refractivity contribution is 7.99. The Balaban J connectivity index is 1.65. The summed E-state index contributed by atoms with van der Waals surface area (Å²) in [5, 5.41) is 8.98. The van der Waals surface area contributed by atoms with Crippen LogP contribution >= 0.6 is 11.8 Å². The van der Waals surface area contributed by atoms with Crippen LogP contribution in [0.5, 0.6) is 0 Å². The average Bonchev–Trinajstić information content (AvgIpc) is 3.12. The van der Waals surface area contributed by atoms with Crippen molar-refractivity contribution in [1.29, 1.82) is 0 Å². The van der Waals surface area contributed by atoms with Gasteiger partial charge in [0.25, 0.3) is 0 Å². The van der Waals surface area contributed by atoms with Crippen LogP contribution in [0.2, 0.25) is 0 Å². The first kappa shape index (κ1) is 13.3. The Morgan fingerprint density at radius 2 is 1.89 bits per heavy atom. The molecule has 0 bridgehead atoms. The van der Waals surface area contributed by atoms with Gasteiger partial charge in [-0.2, -0.15) is 11.8 Å². The van der Waals surface area contributed by atoms with Crippen molar-refractivity contribution in [2.45, 2.75) is 38.1 Å². The maximum absolute atomic E-state index is 12.6. The molecule has 3 atom stereocenters. The third-order valence-electron chi connectivity index (χ3n) is 4.86. The van der Waals surface area contributed by atoms with E-state index in [0.717, 1.165) is 18.1 Å². The van der Waals surface area contributed by atoms with Gasteiger partial charge >= 0.3 is 5.97 Å². The summed E-state index contributed by atoms with van der Waals surface area (Å²) in [4.78, 5) is 25.4. The Morgan fingerprint density at radius 3 is 2.53 bits per heavy atom. The van der Waals surface area contributed by atoms with Crippen LogP contribution in [0.25, 0.3) is 0 Å². The van der Waals surface area contributed by atoms with E-state index in [1.165, 1.54) is 25.7 Å². The van der Waals surface area contributed by atoms with E-state index < -0.39 is 5.97 Å². The Labute approximate surface area is 117 Å². The second kappa shape index (κ2) is 5.35. The van der Waals surface area contributed by atoms with Gasteiger partial charge in [-0.1, -0.05) is 12.8 Å². The van der Waals surface area contributed by atoms with Crippen LogP contribution in [0, 0.1) is 17.8 Å². The predicted molar refractivity (Wildman–Crippen MR) is 74.0 cm³/mol. The number of amides is 1. The van der Waals surface area contributed by atoms with Crippen LogP contribution in [-0.2, 0) is 9.59 Å². The van der Waals surface area contributed by atoms with Crippen molar-refractivity contribution < 1.29 is 14.7 Å². The number of nitrogens with zero attached hydrogens (tertiary/aromatic N) is 1. The van der Waals surface area contributed by atoms with Crippen molar-refractivity contribution in [3.63, 3.8) is 0 Å². The number of carboxylic acids is 1. The Hall–Kier alpha value is -0.710. The summed E-state index contributed by atoms with van der Waals surface area (Å²) >= 11 is 1.77. The van der Waals surface area contributed by atoms with Crippen molar-refractivity contribution >= 4 is 23.6 Å². The number of hydrogen-bond donors (Lipinski definition) is 1. The van der Waals surface area contributed by atoms with Gasteiger partial charge in [-0.15, -0.1) is 0 Å². The van der Waals surface area contributed by atoms with E-state index in [0.29, 0.717) is 11.8 Å². The molecule has 0 aromatic heterocycles. The fraction of sp³-hybridized carbons (Fsp3) is 0.857. The molecule has 1 aliphatic heterocycles. The highest BCUT2D eigenvalue weighted by Gasteiger charge is 2.56. The number of hydrogen-bond acceptors (Lipinski definition) is 3. The number of thioether (sulfide) groups is 1. The molecule has 4 nitrogen and oxygen atoms in total. The van der Waals surface area contributed by atoms with Gasteiger partial charge in [-0.05, 0) is 24.7 Å². The lowest BCUT2D eigenvalue weighted by Crippen LogP contribution is -2.48. The fourth-order valence-corrected chi connectivity index (χ4v) is 4.93. The molecule has 5 heteroatoms. The zero-order valence-electron chi connectivity index (χ0n) is 11.1. The third kappa shape index (κ3) is 2.62. The Morgan fingerprint density at radius 1 is 1.21 bits per heavy atom. The molecule has 1 heterocycles. The van der Waals surface area contributed by atoms with Crippen LogP contribution in [0.15, 0.2) is 0 Å². The first-order valence-corrected chi connectivity index (χ1v) is 8.44. The van der Waals surface area contributed by atoms with Gasteiger partial charge in [0.15, 0.2) is 0 Å². The molecule has 1 N–H and O–H groups in total. The SMILES string of the molecule is O=C(O)CC1CSCCN1C(=O)C1C2CCCCC21. The molecular weight excluding hydrogens is 262 g/mol. The summed E-state index contributed by atoms with van der Waals surface area (Å²) in [6.45, 7) is 0.734. The molecule has 0 aromatic carbocycles. The van der Waals surface area contributed by atoms with Gasteiger partial charge < -0.3 is 10.0 Å². The van der Waals surface area contributed by atoms with E-state index >= 15 is 0 Å². The maximum Gasteiger partial charge on any atom is 0.305 e. The molecule has 1 amide bonds. The van der Waals surface area contributed by atoms with Crippen LogP contribution in [0.4, 0.5) is 0 Å². The lowest BCUT2D eigenvalue weighted by molar-refractivity contribution is -0.141. The quantitative estimate of drug-likeness (QED) is 0.858. The molecule has 19 heavy (non-hydrogen) atoms.